The van der Waals surface area contributed by atoms with Crippen molar-refractivity contribution in [3.8, 4) is 16.4 Å². The number of nitrogens with zero attached hydrogens (tertiary/aromatic N) is 3. The number of aromatic nitrogens is 3. The summed E-state index contributed by atoms with van der Waals surface area (Å²) in [6, 6.07) is 8.14. The van der Waals surface area contributed by atoms with Gasteiger partial charge in [0.1, 0.15) is 0 Å². The minimum absolute atomic E-state index is 0.0262. The van der Waals surface area contributed by atoms with E-state index in [4.69, 9.17) is 0 Å². The van der Waals surface area contributed by atoms with Gasteiger partial charge in [-0.15, -0.1) is 11.3 Å². The number of likely N-dealkylation sites (tertiary alicyclic amines) is 1. The van der Waals surface area contributed by atoms with E-state index >= 15 is 0 Å². The third-order valence-electron chi connectivity index (χ3n) is 5.01. The number of aromatic amines is 1. The van der Waals surface area contributed by atoms with Crippen LogP contribution in [0, 0.1) is 13.8 Å². The summed E-state index contributed by atoms with van der Waals surface area (Å²) in [5, 5.41) is 5.60. The molecule has 0 saturated carbocycles. The predicted molar refractivity (Wildman–Crippen MR) is 106 cm³/mol. The van der Waals surface area contributed by atoms with Crippen LogP contribution >= 0.6 is 11.3 Å². The molecule has 6 nitrogen and oxygen atoms in total. The summed E-state index contributed by atoms with van der Waals surface area (Å²) < 4.78 is 1.45. The summed E-state index contributed by atoms with van der Waals surface area (Å²) in [5.41, 5.74) is 4.11. The summed E-state index contributed by atoms with van der Waals surface area (Å²) in [6.45, 7) is 5.47. The van der Waals surface area contributed by atoms with Gasteiger partial charge in [-0.3, -0.25) is 14.7 Å². The van der Waals surface area contributed by atoms with E-state index in [1.165, 1.54) is 21.6 Å². The normalized spacial score (nSPS) is 14.1. The zero-order chi connectivity index (χ0) is 19.0. The molecule has 0 radical (unpaired) electrons. The number of hydrogen-bond acceptors (Lipinski definition) is 4. The lowest BCUT2D eigenvalue weighted by atomic mass is 10.1. The van der Waals surface area contributed by atoms with E-state index in [1.54, 1.807) is 0 Å². The summed E-state index contributed by atoms with van der Waals surface area (Å²) >= 11 is 1.41. The highest BCUT2D eigenvalue weighted by Crippen LogP contribution is 2.24. The maximum Gasteiger partial charge on any atom is 0.277 e. The van der Waals surface area contributed by atoms with Crippen molar-refractivity contribution in [1.82, 2.24) is 19.7 Å². The second-order valence-corrected chi connectivity index (χ2v) is 7.84. The van der Waals surface area contributed by atoms with Crippen LogP contribution in [0.25, 0.3) is 16.4 Å². The van der Waals surface area contributed by atoms with Crippen molar-refractivity contribution in [2.24, 2.45) is 0 Å². The summed E-state index contributed by atoms with van der Waals surface area (Å²) in [7, 11) is 0. The lowest BCUT2D eigenvalue weighted by molar-refractivity contribution is -0.129. The molecule has 27 heavy (non-hydrogen) atoms. The fraction of sp³-hybridized carbons (Fsp3) is 0.350. The van der Waals surface area contributed by atoms with E-state index in [0.717, 1.165) is 42.9 Å². The number of nitrogens with one attached hydrogen (secondary N) is 1. The molecule has 1 aliphatic heterocycles. The van der Waals surface area contributed by atoms with Crippen molar-refractivity contribution in [2.45, 2.75) is 33.1 Å². The first-order valence-corrected chi connectivity index (χ1v) is 10.0. The van der Waals surface area contributed by atoms with Crippen LogP contribution in [0.3, 0.4) is 0 Å². The molecule has 1 amide bonds. The van der Waals surface area contributed by atoms with E-state index in [1.807, 2.05) is 48.4 Å². The average molecular weight is 382 g/mol. The van der Waals surface area contributed by atoms with Crippen LogP contribution in [-0.4, -0.2) is 38.7 Å². The molecule has 0 aliphatic carbocycles. The highest BCUT2D eigenvalue weighted by atomic mass is 32.1. The van der Waals surface area contributed by atoms with Crippen LogP contribution in [0.1, 0.15) is 29.7 Å². The van der Waals surface area contributed by atoms with Crippen molar-refractivity contribution >= 4 is 17.2 Å². The molecular weight excluding hydrogens is 360 g/mol. The van der Waals surface area contributed by atoms with Gasteiger partial charge < -0.3 is 4.90 Å². The zero-order valence-corrected chi connectivity index (χ0v) is 16.3. The Labute approximate surface area is 161 Å². The first-order valence-electron chi connectivity index (χ1n) is 9.14. The molecule has 1 aliphatic rings. The van der Waals surface area contributed by atoms with Crippen molar-refractivity contribution < 1.29 is 4.79 Å². The number of aryl methyl sites for hydroxylation is 2. The molecule has 0 unspecified atom stereocenters. The lowest BCUT2D eigenvalue weighted by Crippen LogP contribution is -2.31. The first kappa shape index (κ1) is 17.7. The van der Waals surface area contributed by atoms with Crippen molar-refractivity contribution in [3.63, 3.8) is 0 Å². The zero-order valence-electron chi connectivity index (χ0n) is 15.5. The van der Waals surface area contributed by atoms with Crippen molar-refractivity contribution in [3.05, 3.63) is 56.8 Å². The van der Waals surface area contributed by atoms with Gasteiger partial charge in [0.2, 0.25) is 11.0 Å². The predicted octanol–water partition coefficient (Wildman–Crippen LogP) is 3.07. The van der Waals surface area contributed by atoms with Gasteiger partial charge in [0.25, 0.3) is 5.56 Å². The Morgan fingerprint density at radius 3 is 2.59 bits per heavy atom. The Bertz CT molecular complexity index is 1020. The van der Waals surface area contributed by atoms with Gasteiger partial charge in [-0.2, -0.15) is 4.68 Å². The number of carbonyl (C=O) groups excluding carboxylic acids is 1. The number of H-pyrrole nitrogens is 1. The highest BCUT2D eigenvalue weighted by molar-refractivity contribution is 7.12. The molecule has 0 spiro atoms. The Morgan fingerprint density at radius 1 is 1.19 bits per heavy atom. The van der Waals surface area contributed by atoms with E-state index in [0.29, 0.717) is 10.7 Å². The van der Waals surface area contributed by atoms with Crippen molar-refractivity contribution in [1.29, 1.82) is 0 Å². The largest absolute Gasteiger partial charge is 0.342 e. The Kier molecular flexibility index (Phi) is 4.70. The number of amides is 1. The van der Waals surface area contributed by atoms with Crippen LogP contribution in [-0.2, 0) is 11.2 Å². The van der Waals surface area contributed by atoms with Crippen LogP contribution in [0.4, 0.5) is 0 Å². The van der Waals surface area contributed by atoms with E-state index in [9.17, 15) is 9.59 Å². The average Bonchev–Trinajstić information content (AvgIpc) is 3.39. The lowest BCUT2D eigenvalue weighted by Gasteiger charge is -2.14. The molecule has 3 aromatic rings. The molecular formula is C20H22N4O2S. The Balaban J connectivity index is 1.60. The van der Waals surface area contributed by atoms with Gasteiger partial charge in [0.15, 0.2) is 0 Å². The summed E-state index contributed by atoms with van der Waals surface area (Å²) in [4.78, 5) is 31.7. The first-order chi connectivity index (χ1) is 13.0. The number of carbonyl (C=O) groups is 1. The minimum Gasteiger partial charge on any atom is -0.342 e. The number of rotatable bonds is 4. The molecule has 7 heteroatoms. The second kappa shape index (κ2) is 7.15. The van der Waals surface area contributed by atoms with Gasteiger partial charge in [-0.05, 0) is 26.7 Å². The fourth-order valence-corrected chi connectivity index (χ4v) is 4.17. The van der Waals surface area contributed by atoms with Gasteiger partial charge in [0, 0.05) is 35.3 Å². The highest BCUT2D eigenvalue weighted by Gasteiger charge is 2.22. The Morgan fingerprint density at radius 2 is 1.89 bits per heavy atom. The monoisotopic (exact) mass is 382 g/mol. The van der Waals surface area contributed by atoms with Gasteiger partial charge in [-0.1, -0.05) is 29.8 Å². The van der Waals surface area contributed by atoms with Gasteiger partial charge >= 0.3 is 0 Å². The smallest absolute Gasteiger partial charge is 0.277 e. The minimum atomic E-state index is -0.190. The second-order valence-electron chi connectivity index (χ2n) is 7.00. The molecule has 1 fully saturated rings. The van der Waals surface area contributed by atoms with Gasteiger partial charge in [-0.25, -0.2) is 4.98 Å². The van der Waals surface area contributed by atoms with Crippen LogP contribution in [0.5, 0.6) is 0 Å². The molecule has 1 aromatic carbocycles. The quantitative estimate of drug-likeness (QED) is 0.754. The van der Waals surface area contributed by atoms with E-state index in [2.05, 4.69) is 10.1 Å². The Hall–Kier alpha value is -2.67. The topological polar surface area (TPSA) is 71.0 Å². The third-order valence-corrected chi connectivity index (χ3v) is 5.84. The van der Waals surface area contributed by atoms with E-state index in [-0.39, 0.29) is 17.9 Å². The fourth-order valence-electron chi connectivity index (χ4n) is 3.38. The van der Waals surface area contributed by atoms with E-state index < -0.39 is 0 Å². The standard InChI is InChI=1S/C20H22N4O2S/c1-13-5-7-15(8-6-13)17-12-27-20(21-17)24-19(26)16(14(2)22-24)11-18(25)23-9-3-4-10-23/h5-8,12,22H,3-4,9-11H2,1-2H3. The molecule has 2 aromatic heterocycles. The molecule has 0 bridgehead atoms. The van der Waals surface area contributed by atoms with Crippen molar-refractivity contribution in [2.75, 3.05) is 13.1 Å². The molecule has 3 heterocycles. The van der Waals surface area contributed by atoms with Crippen LogP contribution in [0.2, 0.25) is 0 Å². The molecule has 0 atom stereocenters. The SMILES string of the molecule is Cc1ccc(-c2csc(-n3[nH]c(C)c(CC(=O)N4CCCC4)c3=O)n2)cc1. The molecule has 1 saturated heterocycles. The molecule has 1 N–H and O–H groups in total. The number of benzene rings is 1. The maximum atomic E-state index is 12.9. The maximum absolute atomic E-state index is 12.9. The molecule has 4 rings (SSSR count). The summed E-state index contributed by atoms with van der Waals surface area (Å²) in [6.07, 6.45) is 2.23. The molecule has 140 valence electrons. The number of thiazole rings is 1. The van der Waals surface area contributed by atoms with Crippen LogP contribution < -0.4 is 5.56 Å². The number of hydrogen-bond donors (Lipinski definition) is 1. The third kappa shape index (κ3) is 3.47. The summed E-state index contributed by atoms with van der Waals surface area (Å²) in [5.74, 6) is 0.0262. The van der Waals surface area contributed by atoms with Crippen LogP contribution in [0.15, 0.2) is 34.4 Å². The van der Waals surface area contributed by atoms with Gasteiger partial charge in [0.05, 0.1) is 12.1 Å².